The first kappa shape index (κ1) is 19.7. The number of aromatic nitrogens is 2. The molecule has 0 saturated carbocycles. The summed E-state index contributed by atoms with van der Waals surface area (Å²) in [5.41, 5.74) is 2.56. The highest BCUT2D eigenvalue weighted by molar-refractivity contribution is 5.95. The fourth-order valence-corrected chi connectivity index (χ4v) is 3.30. The Labute approximate surface area is 165 Å². The fraction of sp³-hybridized carbons (Fsp3) is 0.364. The molecular weight excluding hydrogens is 354 g/mol. The number of nitrogens with zero attached hydrogens (tertiary/aromatic N) is 2. The van der Waals surface area contributed by atoms with E-state index in [-0.39, 0.29) is 11.9 Å². The minimum atomic E-state index is -0.232. The van der Waals surface area contributed by atoms with Gasteiger partial charge in [0.05, 0.1) is 31.3 Å². The zero-order valence-corrected chi connectivity index (χ0v) is 16.9. The van der Waals surface area contributed by atoms with Gasteiger partial charge < -0.3 is 19.4 Å². The Morgan fingerprint density at radius 2 is 1.89 bits per heavy atom. The van der Waals surface area contributed by atoms with Crippen LogP contribution in [0.1, 0.15) is 48.9 Å². The number of carbonyl (C=O) groups excluding carboxylic acids is 1. The molecule has 3 aromatic rings. The third kappa shape index (κ3) is 3.96. The van der Waals surface area contributed by atoms with E-state index in [9.17, 15) is 4.79 Å². The van der Waals surface area contributed by atoms with Gasteiger partial charge in [0.25, 0.3) is 5.91 Å². The van der Waals surface area contributed by atoms with E-state index >= 15 is 0 Å². The van der Waals surface area contributed by atoms with Crippen molar-refractivity contribution in [1.82, 2.24) is 14.9 Å². The molecule has 6 heteroatoms. The van der Waals surface area contributed by atoms with E-state index in [2.05, 4.69) is 22.9 Å². The monoisotopic (exact) mass is 381 g/mol. The second kappa shape index (κ2) is 8.78. The number of carbonyl (C=O) groups is 1. The van der Waals surface area contributed by atoms with Gasteiger partial charge in [-0.25, -0.2) is 4.98 Å². The third-order valence-corrected chi connectivity index (χ3v) is 4.80. The van der Waals surface area contributed by atoms with Gasteiger partial charge in [-0.2, -0.15) is 0 Å². The van der Waals surface area contributed by atoms with Crippen LogP contribution in [-0.4, -0.2) is 29.7 Å². The standard InChI is InChI=1S/C22H27N3O3/c1-5-6-13-25-18-10-8-7-9-17(18)24-21(25)15(2)23-22(26)16-11-12-19(27-3)20(14-16)28-4/h7-12,14-15H,5-6,13H2,1-4H3,(H,23,26). The quantitative estimate of drug-likeness (QED) is 0.630. The first-order chi connectivity index (χ1) is 13.6. The van der Waals surface area contributed by atoms with Crippen molar-refractivity contribution in [2.75, 3.05) is 14.2 Å². The number of benzene rings is 2. The lowest BCUT2D eigenvalue weighted by Gasteiger charge is -2.17. The van der Waals surface area contributed by atoms with E-state index in [0.29, 0.717) is 17.1 Å². The summed E-state index contributed by atoms with van der Waals surface area (Å²) in [4.78, 5) is 17.6. The summed E-state index contributed by atoms with van der Waals surface area (Å²) in [6.45, 7) is 5.01. The Kier molecular flexibility index (Phi) is 6.19. The van der Waals surface area contributed by atoms with Crippen molar-refractivity contribution in [3.05, 3.63) is 53.9 Å². The number of unbranched alkanes of at least 4 members (excludes halogenated alkanes) is 1. The molecule has 0 aliphatic rings. The van der Waals surface area contributed by atoms with Gasteiger partial charge in [-0.1, -0.05) is 25.5 Å². The fourth-order valence-electron chi connectivity index (χ4n) is 3.30. The van der Waals surface area contributed by atoms with Crippen molar-refractivity contribution >= 4 is 16.9 Å². The molecule has 1 heterocycles. The zero-order chi connectivity index (χ0) is 20.1. The normalized spacial score (nSPS) is 12.0. The summed E-state index contributed by atoms with van der Waals surface area (Å²) in [6, 6.07) is 13.0. The predicted molar refractivity (Wildman–Crippen MR) is 110 cm³/mol. The number of methoxy groups -OCH3 is 2. The Balaban J connectivity index is 1.86. The number of para-hydroxylation sites is 2. The zero-order valence-electron chi connectivity index (χ0n) is 16.9. The number of ether oxygens (including phenoxy) is 2. The summed E-state index contributed by atoms with van der Waals surface area (Å²) in [7, 11) is 3.12. The van der Waals surface area contributed by atoms with Crippen LogP contribution in [-0.2, 0) is 6.54 Å². The van der Waals surface area contributed by atoms with Crippen molar-refractivity contribution in [2.45, 2.75) is 39.3 Å². The number of nitrogens with one attached hydrogen (secondary N) is 1. The van der Waals surface area contributed by atoms with Crippen molar-refractivity contribution in [1.29, 1.82) is 0 Å². The number of hydrogen-bond donors (Lipinski definition) is 1. The minimum absolute atomic E-state index is 0.178. The van der Waals surface area contributed by atoms with Crippen LogP contribution in [0.15, 0.2) is 42.5 Å². The average molecular weight is 381 g/mol. The van der Waals surface area contributed by atoms with Crippen LogP contribution >= 0.6 is 0 Å². The van der Waals surface area contributed by atoms with E-state index in [0.717, 1.165) is 36.2 Å². The lowest BCUT2D eigenvalue weighted by Crippen LogP contribution is -2.28. The van der Waals surface area contributed by atoms with Crippen LogP contribution in [0, 0.1) is 0 Å². The molecule has 1 unspecified atom stereocenters. The number of amides is 1. The molecule has 0 aliphatic carbocycles. The lowest BCUT2D eigenvalue weighted by atomic mass is 10.1. The van der Waals surface area contributed by atoms with E-state index in [4.69, 9.17) is 14.5 Å². The average Bonchev–Trinajstić information content (AvgIpc) is 3.10. The topological polar surface area (TPSA) is 65.4 Å². The van der Waals surface area contributed by atoms with Gasteiger partial charge >= 0.3 is 0 Å². The van der Waals surface area contributed by atoms with Crippen LogP contribution in [0.2, 0.25) is 0 Å². The van der Waals surface area contributed by atoms with Crippen molar-refractivity contribution in [2.24, 2.45) is 0 Å². The van der Waals surface area contributed by atoms with Crippen LogP contribution in [0.3, 0.4) is 0 Å². The van der Waals surface area contributed by atoms with Gasteiger partial charge in [0.1, 0.15) is 5.82 Å². The molecule has 6 nitrogen and oxygen atoms in total. The van der Waals surface area contributed by atoms with Crippen LogP contribution < -0.4 is 14.8 Å². The molecule has 0 bridgehead atoms. The Hall–Kier alpha value is -3.02. The van der Waals surface area contributed by atoms with E-state index < -0.39 is 0 Å². The molecule has 0 fully saturated rings. The third-order valence-electron chi connectivity index (χ3n) is 4.80. The maximum Gasteiger partial charge on any atom is 0.251 e. The van der Waals surface area contributed by atoms with Gasteiger partial charge in [-0.15, -0.1) is 0 Å². The van der Waals surface area contributed by atoms with Crippen molar-refractivity contribution in [3.63, 3.8) is 0 Å². The molecule has 0 radical (unpaired) electrons. The molecule has 2 aromatic carbocycles. The second-order valence-electron chi connectivity index (χ2n) is 6.73. The van der Waals surface area contributed by atoms with E-state index in [1.807, 2.05) is 25.1 Å². The van der Waals surface area contributed by atoms with Gasteiger partial charge in [0.2, 0.25) is 0 Å². The molecule has 1 N–H and O–H groups in total. The van der Waals surface area contributed by atoms with Gasteiger partial charge in [0.15, 0.2) is 11.5 Å². The highest BCUT2D eigenvalue weighted by Crippen LogP contribution is 2.28. The molecule has 148 valence electrons. The predicted octanol–water partition coefficient (Wildman–Crippen LogP) is 4.34. The molecule has 1 aromatic heterocycles. The van der Waals surface area contributed by atoms with Gasteiger partial charge in [-0.3, -0.25) is 4.79 Å². The van der Waals surface area contributed by atoms with E-state index in [1.165, 1.54) is 0 Å². The van der Waals surface area contributed by atoms with Gasteiger partial charge in [-0.05, 0) is 43.7 Å². The summed E-state index contributed by atoms with van der Waals surface area (Å²) >= 11 is 0. The first-order valence-corrected chi connectivity index (χ1v) is 9.57. The van der Waals surface area contributed by atoms with Crippen molar-refractivity contribution in [3.8, 4) is 11.5 Å². The largest absolute Gasteiger partial charge is 0.493 e. The van der Waals surface area contributed by atoms with E-state index in [1.54, 1.807) is 32.4 Å². The first-order valence-electron chi connectivity index (χ1n) is 9.57. The molecule has 0 aliphatic heterocycles. The maximum atomic E-state index is 12.8. The van der Waals surface area contributed by atoms with Crippen LogP contribution in [0.5, 0.6) is 11.5 Å². The summed E-state index contributed by atoms with van der Waals surface area (Å²) in [5, 5.41) is 3.06. The Morgan fingerprint density at radius 3 is 2.61 bits per heavy atom. The summed E-state index contributed by atoms with van der Waals surface area (Å²) in [5.74, 6) is 1.80. The Bertz CT molecular complexity index is 965. The smallest absolute Gasteiger partial charge is 0.251 e. The number of aryl methyl sites for hydroxylation is 1. The SMILES string of the molecule is CCCCn1c(C(C)NC(=O)c2ccc(OC)c(OC)c2)nc2ccccc21. The summed E-state index contributed by atoms with van der Waals surface area (Å²) < 4.78 is 12.7. The maximum absolute atomic E-state index is 12.8. The molecule has 0 saturated heterocycles. The van der Waals surface area contributed by atoms with Crippen molar-refractivity contribution < 1.29 is 14.3 Å². The highest BCUT2D eigenvalue weighted by Gasteiger charge is 2.19. The van der Waals surface area contributed by atoms with Crippen LogP contribution in [0.4, 0.5) is 0 Å². The lowest BCUT2D eigenvalue weighted by molar-refractivity contribution is 0.0937. The molecule has 3 rings (SSSR count). The molecule has 1 atom stereocenters. The number of fused-ring (bicyclic) bond motifs is 1. The minimum Gasteiger partial charge on any atom is -0.493 e. The van der Waals surface area contributed by atoms with Crippen LogP contribution in [0.25, 0.3) is 11.0 Å². The molecule has 1 amide bonds. The Morgan fingerprint density at radius 1 is 1.14 bits per heavy atom. The highest BCUT2D eigenvalue weighted by atomic mass is 16.5. The summed E-state index contributed by atoms with van der Waals surface area (Å²) in [6.07, 6.45) is 2.15. The molecule has 0 spiro atoms. The second-order valence-corrected chi connectivity index (χ2v) is 6.73. The number of rotatable bonds is 8. The molecule has 28 heavy (non-hydrogen) atoms. The van der Waals surface area contributed by atoms with Gasteiger partial charge in [0, 0.05) is 12.1 Å². The number of hydrogen-bond acceptors (Lipinski definition) is 4. The number of imidazole rings is 1. The molecular formula is C22H27N3O3.